The predicted octanol–water partition coefficient (Wildman–Crippen LogP) is -0.257. The maximum Gasteiger partial charge on any atom is 0.303 e. The summed E-state index contributed by atoms with van der Waals surface area (Å²) in [6.07, 6.45) is -3.92. The van der Waals surface area contributed by atoms with Crippen LogP contribution in [-0.4, -0.2) is 61.5 Å². The van der Waals surface area contributed by atoms with Gasteiger partial charge in [-0.2, -0.15) is 0 Å². The SMILES string of the molecule is CC(=O)OCC1OCC(OC(C)=O)C(OC(C)=O)[C@H]1OC(C)=O. The number of ether oxygens (including phenoxy) is 5. The lowest BCUT2D eigenvalue weighted by Crippen LogP contribution is -2.58. The van der Waals surface area contributed by atoms with E-state index in [2.05, 4.69) is 0 Å². The Hall–Kier alpha value is -2.16. The lowest BCUT2D eigenvalue weighted by Gasteiger charge is -2.40. The zero-order chi connectivity index (χ0) is 17.6. The van der Waals surface area contributed by atoms with Crippen LogP contribution >= 0.6 is 0 Å². The molecule has 130 valence electrons. The second-order valence-electron chi connectivity index (χ2n) is 4.97. The van der Waals surface area contributed by atoms with Gasteiger partial charge in [0.25, 0.3) is 0 Å². The van der Waals surface area contributed by atoms with Crippen LogP contribution < -0.4 is 0 Å². The van der Waals surface area contributed by atoms with E-state index in [-0.39, 0.29) is 13.2 Å². The first kappa shape index (κ1) is 18.9. The van der Waals surface area contributed by atoms with E-state index >= 15 is 0 Å². The van der Waals surface area contributed by atoms with Gasteiger partial charge in [0.15, 0.2) is 18.3 Å². The van der Waals surface area contributed by atoms with Crippen molar-refractivity contribution in [3.05, 3.63) is 0 Å². The topological polar surface area (TPSA) is 114 Å². The van der Waals surface area contributed by atoms with Crippen LogP contribution in [0.2, 0.25) is 0 Å². The molecule has 1 aliphatic heterocycles. The molecule has 0 spiro atoms. The summed E-state index contributed by atoms with van der Waals surface area (Å²) in [6.45, 7) is 4.46. The molecule has 0 amide bonds. The minimum absolute atomic E-state index is 0.0960. The van der Waals surface area contributed by atoms with Gasteiger partial charge in [-0.1, -0.05) is 0 Å². The molecule has 0 aromatic carbocycles. The molecular weight excluding hydrogens is 312 g/mol. The summed E-state index contributed by atoms with van der Waals surface area (Å²) in [4.78, 5) is 44.8. The molecule has 0 radical (unpaired) electrons. The minimum Gasteiger partial charge on any atom is -0.463 e. The second-order valence-corrected chi connectivity index (χ2v) is 4.97. The van der Waals surface area contributed by atoms with Gasteiger partial charge in [0.2, 0.25) is 0 Å². The molecule has 23 heavy (non-hydrogen) atoms. The van der Waals surface area contributed by atoms with Crippen molar-refractivity contribution in [2.45, 2.75) is 52.1 Å². The fraction of sp³-hybridized carbons (Fsp3) is 0.714. The lowest BCUT2D eigenvalue weighted by molar-refractivity contribution is -0.231. The van der Waals surface area contributed by atoms with E-state index in [1.165, 1.54) is 27.7 Å². The number of hydrogen-bond donors (Lipinski definition) is 0. The summed E-state index contributed by atoms with van der Waals surface area (Å²) < 4.78 is 25.6. The van der Waals surface area contributed by atoms with Crippen LogP contribution in [0.5, 0.6) is 0 Å². The Morgan fingerprint density at radius 1 is 0.826 bits per heavy atom. The van der Waals surface area contributed by atoms with Gasteiger partial charge in [-0.05, 0) is 0 Å². The third kappa shape index (κ3) is 6.23. The standard InChI is InChI=1S/C14H20O9/c1-7(15)19-5-11-13(22-9(3)17)14(23-10(4)18)12(6-20-11)21-8(2)16/h11-14H,5-6H2,1-4H3/t11?,12?,13-,14?/m0/s1. The molecular formula is C14H20O9. The summed E-state index contributed by atoms with van der Waals surface area (Å²) in [7, 11) is 0. The number of carbonyl (C=O) groups is 4. The fourth-order valence-corrected chi connectivity index (χ4v) is 2.16. The van der Waals surface area contributed by atoms with Gasteiger partial charge < -0.3 is 23.7 Å². The molecule has 9 heteroatoms. The van der Waals surface area contributed by atoms with Crippen molar-refractivity contribution in [3.63, 3.8) is 0 Å². The molecule has 0 saturated carbocycles. The van der Waals surface area contributed by atoms with E-state index < -0.39 is 48.3 Å². The van der Waals surface area contributed by atoms with Crippen molar-refractivity contribution >= 4 is 23.9 Å². The Balaban J connectivity index is 2.98. The highest BCUT2D eigenvalue weighted by molar-refractivity contribution is 5.68. The van der Waals surface area contributed by atoms with Crippen LogP contribution in [0.4, 0.5) is 0 Å². The molecule has 4 atom stereocenters. The molecule has 1 saturated heterocycles. The normalized spacial score (nSPS) is 26.8. The quantitative estimate of drug-likeness (QED) is 0.496. The van der Waals surface area contributed by atoms with Gasteiger partial charge >= 0.3 is 23.9 Å². The first-order chi connectivity index (χ1) is 10.7. The Morgan fingerprint density at radius 3 is 1.83 bits per heavy atom. The van der Waals surface area contributed by atoms with Crippen LogP contribution in [0.15, 0.2) is 0 Å². The average Bonchev–Trinajstić information content (AvgIpc) is 2.39. The lowest BCUT2D eigenvalue weighted by atomic mass is 9.99. The summed E-state index contributed by atoms with van der Waals surface area (Å²) in [5, 5.41) is 0. The first-order valence-electron chi connectivity index (χ1n) is 6.97. The first-order valence-corrected chi connectivity index (χ1v) is 6.97. The van der Waals surface area contributed by atoms with E-state index in [4.69, 9.17) is 23.7 Å². The largest absolute Gasteiger partial charge is 0.463 e. The van der Waals surface area contributed by atoms with Crippen molar-refractivity contribution in [2.75, 3.05) is 13.2 Å². The third-order valence-corrected chi connectivity index (χ3v) is 2.90. The molecule has 1 fully saturated rings. The van der Waals surface area contributed by atoms with E-state index in [1.54, 1.807) is 0 Å². The van der Waals surface area contributed by atoms with Crippen LogP contribution in [0, 0.1) is 0 Å². The molecule has 0 N–H and O–H groups in total. The Kier molecular flexibility index (Phi) is 6.95. The van der Waals surface area contributed by atoms with Crippen LogP contribution in [0.25, 0.3) is 0 Å². The predicted molar refractivity (Wildman–Crippen MR) is 73.0 cm³/mol. The number of carbonyl (C=O) groups excluding carboxylic acids is 4. The summed E-state index contributed by atoms with van der Waals surface area (Å²) in [5.41, 5.74) is 0. The molecule has 1 rings (SSSR count). The van der Waals surface area contributed by atoms with Gasteiger partial charge in [-0.15, -0.1) is 0 Å². The zero-order valence-electron chi connectivity index (χ0n) is 13.4. The molecule has 1 heterocycles. The Labute approximate surface area is 133 Å². The molecule has 0 aliphatic carbocycles. The zero-order valence-corrected chi connectivity index (χ0v) is 13.4. The summed E-state index contributed by atoms with van der Waals surface area (Å²) >= 11 is 0. The molecule has 9 nitrogen and oxygen atoms in total. The summed E-state index contributed by atoms with van der Waals surface area (Å²) in [5.74, 6) is -2.43. The smallest absolute Gasteiger partial charge is 0.303 e. The van der Waals surface area contributed by atoms with Crippen molar-refractivity contribution in [1.29, 1.82) is 0 Å². The van der Waals surface area contributed by atoms with Crippen LogP contribution in [0.3, 0.4) is 0 Å². The van der Waals surface area contributed by atoms with Gasteiger partial charge in [0.1, 0.15) is 12.7 Å². The average molecular weight is 332 g/mol. The fourth-order valence-electron chi connectivity index (χ4n) is 2.16. The van der Waals surface area contributed by atoms with Gasteiger partial charge in [0.05, 0.1) is 6.61 Å². The molecule has 0 bridgehead atoms. The third-order valence-electron chi connectivity index (χ3n) is 2.90. The highest BCUT2D eigenvalue weighted by atomic mass is 16.7. The van der Waals surface area contributed by atoms with Gasteiger partial charge in [-0.25, -0.2) is 0 Å². The summed E-state index contributed by atoms with van der Waals surface area (Å²) in [6, 6.07) is 0. The highest BCUT2D eigenvalue weighted by Crippen LogP contribution is 2.24. The molecule has 0 aromatic rings. The van der Waals surface area contributed by atoms with Crippen LogP contribution in [-0.2, 0) is 42.9 Å². The van der Waals surface area contributed by atoms with E-state index in [9.17, 15) is 19.2 Å². The maximum absolute atomic E-state index is 11.3. The molecule has 1 aliphatic rings. The number of hydrogen-bond acceptors (Lipinski definition) is 9. The van der Waals surface area contributed by atoms with Gasteiger partial charge in [-0.3, -0.25) is 19.2 Å². The van der Waals surface area contributed by atoms with Crippen molar-refractivity contribution in [3.8, 4) is 0 Å². The number of esters is 4. The van der Waals surface area contributed by atoms with Crippen molar-refractivity contribution in [1.82, 2.24) is 0 Å². The van der Waals surface area contributed by atoms with Gasteiger partial charge in [0, 0.05) is 27.7 Å². The monoisotopic (exact) mass is 332 g/mol. The number of rotatable bonds is 5. The highest BCUT2D eigenvalue weighted by Gasteiger charge is 2.47. The minimum atomic E-state index is -1.08. The van der Waals surface area contributed by atoms with Crippen molar-refractivity contribution < 1.29 is 42.9 Å². The Bertz CT molecular complexity index is 473. The van der Waals surface area contributed by atoms with Crippen molar-refractivity contribution in [2.24, 2.45) is 0 Å². The van der Waals surface area contributed by atoms with E-state index in [0.29, 0.717) is 0 Å². The van der Waals surface area contributed by atoms with E-state index in [1.807, 2.05) is 0 Å². The second kappa shape index (κ2) is 8.47. The van der Waals surface area contributed by atoms with Crippen LogP contribution in [0.1, 0.15) is 27.7 Å². The Morgan fingerprint density at radius 2 is 1.35 bits per heavy atom. The molecule has 0 aromatic heterocycles. The maximum atomic E-state index is 11.3. The van der Waals surface area contributed by atoms with E-state index in [0.717, 1.165) is 0 Å². The molecule has 3 unspecified atom stereocenters.